The molecule has 1 aromatic carbocycles. The molecule has 5 rings (SSSR count). The lowest BCUT2D eigenvalue weighted by Crippen LogP contribution is -2.42. The van der Waals surface area contributed by atoms with Crippen LogP contribution in [0.1, 0.15) is 39.0 Å². The van der Waals surface area contributed by atoms with E-state index in [0.29, 0.717) is 47.6 Å². The molecule has 2 atom stereocenters. The van der Waals surface area contributed by atoms with E-state index in [9.17, 15) is 4.79 Å². The van der Waals surface area contributed by atoms with E-state index in [-0.39, 0.29) is 5.92 Å². The van der Waals surface area contributed by atoms with Crippen LogP contribution in [0.2, 0.25) is 5.02 Å². The van der Waals surface area contributed by atoms with Crippen LogP contribution >= 0.6 is 11.6 Å². The van der Waals surface area contributed by atoms with Gasteiger partial charge in [0.05, 0.1) is 18.7 Å². The molecule has 0 aliphatic heterocycles. The van der Waals surface area contributed by atoms with Gasteiger partial charge in [0.25, 0.3) is 0 Å². The molecule has 1 amide bonds. The fourth-order valence-corrected chi connectivity index (χ4v) is 5.17. The molecule has 2 heterocycles. The molecular weight excluding hydrogens is 450 g/mol. The van der Waals surface area contributed by atoms with Crippen LogP contribution in [0.15, 0.2) is 42.7 Å². The van der Waals surface area contributed by atoms with E-state index in [1.54, 1.807) is 19.5 Å². The summed E-state index contributed by atoms with van der Waals surface area (Å²) in [6.07, 6.45) is 9.04. The van der Waals surface area contributed by atoms with Crippen molar-refractivity contribution in [2.75, 3.05) is 13.7 Å². The fourth-order valence-electron chi connectivity index (χ4n) is 4.91. The smallest absolute Gasteiger partial charge is 0.226 e. The number of ether oxygens (including phenoxy) is 1. The van der Waals surface area contributed by atoms with E-state index in [2.05, 4.69) is 16.8 Å². The predicted octanol–water partition coefficient (Wildman–Crippen LogP) is 5.10. The first kappa shape index (κ1) is 22.8. The standard InChI is InChI=1S/C26H30ClN5O2/c1-17-15-21(17)26(33)31(20-5-3-4-6-20)13-14-32-25(19-7-8-23(34-2)22(27)16-19)29-24(30-32)18-9-11-28-12-10-18/h7-12,16-17,20-21H,3-6,13-15H2,1-2H3. The van der Waals surface area contributed by atoms with Crippen molar-refractivity contribution in [2.24, 2.45) is 11.8 Å². The molecule has 0 bridgehead atoms. The molecule has 0 spiro atoms. The summed E-state index contributed by atoms with van der Waals surface area (Å²) in [4.78, 5) is 24.3. The summed E-state index contributed by atoms with van der Waals surface area (Å²) in [6.45, 7) is 3.36. The zero-order valence-electron chi connectivity index (χ0n) is 19.7. The molecule has 0 saturated heterocycles. The summed E-state index contributed by atoms with van der Waals surface area (Å²) < 4.78 is 7.22. The number of methoxy groups -OCH3 is 1. The molecule has 3 aromatic rings. The van der Waals surface area contributed by atoms with Crippen LogP contribution < -0.4 is 4.74 Å². The second-order valence-electron chi connectivity index (χ2n) is 9.36. The molecule has 178 valence electrons. The Hall–Kier alpha value is -2.93. The Morgan fingerprint density at radius 1 is 1.18 bits per heavy atom. The third-order valence-electron chi connectivity index (χ3n) is 7.05. The van der Waals surface area contributed by atoms with Gasteiger partial charge in [0, 0.05) is 42.0 Å². The number of amides is 1. The molecular formula is C26H30ClN5O2. The van der Waals surface area contributed by atoms with Crippen LogP contribution in [0, 0.1) is 11.8 Å². The van der Waals surface area contributed by atoms with Crippen molar-refractivity contribution in [3.05, 3.63) is 47.7 Å². The van der Waals surface area contributed by atoms with Crippen LogP contribution in [0.5, 0.6) is 5.75 Å². The van der Waals surface area contributed by atoms with Gasteiger partial charge in [-0.3, -0.25) is 9.78 Å². The lowest BCUT2D eigenvalue weighted by atomic mass is 10.1. The largest absolute Gasteiger partial charge is 0.495 e. The topological polar surface area (TPSA) is 73.1 Å². The fraction of sp³-hybridized carbons (Fsp3) is 0.462. The number of carbonyl (C=O) groups is 1. The van der Waals surface area contributed by atoms with Crippen molar-refractivity contribution in [3.8, 4) is 28.5 Å². The average molecular weight is 480 g/mol. The lowest BCUT2D eigenvalue weighted by Gasteiger charge is -2.29. The molecule has 0 N–H and O–H groups in total. The van der Waals surface area contributed by atoms with E-state index < -0.39 is 0 Å². The van der Waals surface area contributed by atoms with Crippen LogP contribution in [0.3, 0.4) is 0 Å². The number of carbonyl (C=O) groups excluding carboxylic acids is 1. The molecule has 7 nitrogen and oxygen atoms in total. The van der Waals surface area contributed by atoms with Gasteiger partial charge in [0.1, 0.15) is 5.75 Å². The van der Waals surface area contributed by atoms with Crippen molar-refractivity contribution >= 4 is 17.5 Å². The molecule has 2 aliphatic carbocycles. The first-order valence-electron chi connectivity index (χ1n) is 12.0. The number of halogens is 1. The SMILES string of the molecule is COc1ccc(-c2nc(-c3ccncc3)nn2CCN(C(=O)C2CC2C)C2CCCC2)cc1Cl. The summed E-state index contributed by atoms with van der Waals surface area (Å²) in [5, 5.41) is 5.35. The zero-order valence-corrected chi connectivity index (χ0v) is 20.4. The summed E-state index contributed by atoms with van der Waals surface area (Å²) >= 11 is 6.42. The Bertz CT molecular complexity index is 1160. The quantitative estimate of drug-likeness (QED) is 0.449. The molecule has 34 heavy (non-hydrogen) atoms. The van der Waals surface area contributed by atoms with E-state index in [0.717, 1.165) is 36.2 Å². The third-order valence-corrected chi connectivity index (χ3v) is 7.34. The van der Waals surface area contributed by atoms with Gasteiger partial charge in [0.2, 0.25) is 5.91 Å². The Labute approximate surface area is 205 Å². The Kier molecular flexibility index (Phi) is 6.55. The number of hydrogen-bond acceptors (Lipinski definition) is 5. The van der Waals surface area contributed by atoms with Gasteiger partial charge in [-0.2, -0.15) is 5.10 Å². The molecule has 2 saturated carbocycles. The summed E-state index contributed by atoms with van der Waals surface area (Å²) in [5.74, 6) is 2.95. The summed E-state index contributed by atoms with van der Waals surface area (Å²) in [6, 6.07) is 9.75. The van der Waals surface area contributed by atoms with Gasteiger partial charge in [-0.25, -0.2) is 9.67 Å². The average Bonchev–Trinajstić information content (AvgIpc) is 3.22. The van der Waals surface area contributed by atoms with Gasteiger partial charge in [-0.05, 0) is 55.5 Å². The number of hydrogen-bond donors (Lipinski definition) is 0. The third kappa shape index (κ3) is 4.67. The van der Waals surface area contributed by atoms with Crippen LogP contribution in [0.4, 0.5) is 0 Å². The highest BCUT2D eigenvalue weighted by atomic mass is 35.5. The molecule has 0 radical (unpaired) electrons. The first-order valence-corrected chi connectivity index (χ1v) is 12.4. The second kappa shape index (κ2) is 9.74. The van der Waals surface area contributed by atoms with Crippen LogP contribution in [-0.4, -0.2) is 50.3 Å². The summed E-state index contributed by atoms with van der Waals surface area (Å²) in [5.41, 5.74) is 1.75. The van der Waals surface area contributed by atoms with Crippen molar-refractivity contribution in [2.45, 2.75) is 51.6 Å². The van der Waals surface area contributed by atoms with Gasteiger partial charge < -0.3 is 9.64 Å². The molecule has 2 aliphatic rings. The first-order chi connectivity index (χ1) is 16.5. The number of aromatic nitrogens is 4. The van der Waals surface area contributed by atoms with Gasteiger partial charge in [0.15, 0.2) is 11.6 Å². The highest BCUT2D eigenvalue weighted by Crippen LogP contribution is 2.40. The second-order valence-corrected chi connectivity index (χ2v) is 9.76. The summed E-state index contributed by atoms with van der Waals surface area (Å²) in [7, 11) is 1.60. The van der Waals surface area contributed by atoms with Crippen molar-refractivity contribution in [1.29, 1.82) is 0 Å². The zero-order chi connectivity index (χ0) is 23.7. The Morgan fingerprint density at radius 3 is 2.56 bits per heavy atom. The Morgan fingerprint density at radius 2 is 1.91 bits per heavy atom. The van der Waals surface area contributed by atoms with Gasteiger partial charge in [-0.1, -0.05) is 31.4 Å². The number of benzene rings is 1. The molecule has 2 aromatic heterocycles. The van der Waals surface area contributed by atoms with Crippen LogP contribution in [-0.2, 0) is 11.3 Å². The van der Waals surface area contributed by atoms with Crippen molar-refractivity contribution in [1.82, 2.24) is 24.6 Å². The van der Waals surface area contributed by atoms with E-state index in [1.807, 2.05) is 35.0 Å². The molecule has 2 fully saturated rings. The normalized spacial score (nSPS) is 19.9. The maximum atomic E-state index is 13.3. The maximum absolute atomic E-state index is 13.3. The van der Waals surface area contributed by atoms with Gasteiger partial charge >= 0.3 is 0 Å². The monoisotopic (exact) mass is 479 g/mol. The highest BCUT2D eigenvalue weighted by Gasteiger charge is 2.43. The number of rotatable bonds is 8. The number of pyridine rings is 1. The van der Waals surface area contributed by atoms with Gasteiger partial charge in [-0.15, -0.1) is 0 Å². The molecule has 2 unspecified atom stereocenters. The minimum absolute atomic E-state index is 0.184. The predicted molar refractivity (Wildman–Crippen MR) is 131 cm³/mol. The minimum Gasteiger partial charge on any atom is -0.495 e. The van der Waals surface area contributed by atoms with Crippen molar-refractivity contribution in [3.63, 3.8) is 0 Å². The lowest BCUT2D eigenvalue weighted by molar-refractivity contribution is -0.135. The van der Waals surface area contributed by atoms with E-state index in [1.165, 1.54) is 12.8 Å². The maximum Gasteiger partial charge on any atom is 0.226 e. The van der Waals surface area contributed by atoms with Crippen molar-refractivity contribution < 1.29 is 9.53 Å². The minimum atomic E-state index is 0.184. The number of nitrogens with zero attached hydrogens (tertiary/aromatic N) is 5. The van der Waals surface area contributed by atoms with E-state index in [4.69, 9.17) is 26.4 Å². The van der Waals surface area contributed by atoms with E-state index >= 15 is 0 Å². The Balaban J connectivity index is 1.46. The molecule has 8 heteroatoms. The van der Waals surface area contributed by atoms with Crippen LogP contribution in [0.25, 0.3) is 22.8 Å². The highest BCUT2D eigenvalue weighted by molar-refractivity contribution is 6.32.